The van der Waals surface area contributed by atoms with Crippen LogP contribution in [0.4, 0.5) is 0 Å². The number of nitrogens with zero attached hydrogens (tertiary/aromatic N) is 1. The van der Waals surface area contributed by atoms with E-state index in [1.807, 2.05) is 0 Å². The van der Waals surface area contributed by atoms with Crippen molar-refractivity contribution in [2.75, 3.05) is 27.3 Å². The highest BCUT2D eigenvalue weighted by atomic mass is 16.5. The molecule has 0 aliphatic carbocycles. The van der Waals surface area contributed by atoms with E-state index in [4.69, 9.17) is 9.47 Å². The summed E-state index contributed by atoms with van der Waals surface area (Å²) in [5.41, 5.74) is 0.549. The van der Waals surface area contributed by atoms with Crippen LogP contribution in [0.1, 0.15) is 23.2 Å². The molecule has 1 N–H and O–H groups in total. The molecule has 0 unspecified atom stereocenters. The first-order valence-corrected chi connectivity index (χ1v) is 6.34. The van der Waals surface area contributed by atoms with Crippen molar-refractivity contribution >= 4 is 5.91 Å². The van der Waals surface area contributed by atoms with Gasteiger partial charge in [-0.25, -0.2) is 0 Å². The second kappa shape index (κ2) is 5.93. The minimum Gasteiger partial charge on any atom is -0.497 e. The molecule has 1 amide bonds. The number of aliphatic hydroxyl groups excluding tert-OH is 1. The first-order chi connectivity index (χ1) is 9.13. The molecule has 0 saturated carbocycles. The molecule has 0 aromatic heterocycles. The molecule has 0 spiro atoms. The molecule has 0 atom stereocenters. The highest BCUT2D eigenvalue weighted by Gasteiger charge is 2.23. The van der Waals surface area contributed by atoms with Gasteiger partial charge in [-0.2, -0.15) is 0 Å². The molecule has 104 valence electrons. The molecule has 0 radical (unpaired) electrons. The van der Waals surface area contributed by atoms with Crippen molar-refractivity contribution in [1.82, 2.24) is 4.90 Å². The zero-order valence-corrected chi connectivity index (χ0v) is 11.3. The highest BCUT2D eigenvalue weighted by molar-refractivity contribution is 5.95. The predicted molar refractivity (Wildman–Crippen MR) is 70.7 cm³/mol. The van der Waals surface area contributed by atoms with Crippen LogP contribution in [-0.4, -0.2) is 49.3 Å². The smallest absolute Gasteiger partial charge is 0.254 e. The van der Waals surface area contributed by atoms with E-state index in [2.05, 4.69) is 0 Å². The summed E-state index contributed by atoms with van der Waals surface area (Å²) in [5, 5.41) is 9.47. The van der Waals surface area contributed by atoms with Crippen molar-refractivity contribution in [2.45, 2.75) is 18.9 Å². The third-order valence-corrected chi connectivity index (χ3v) is 3.35. The Kier molecular flexibility index (Phi) is 4.27. The number of hydrogen-bond donors (Lipinski definition) is 1. The fourth-order valence-corrected chi connectivity index (χ4v) is 2.18. The van der Waals surface area contributed by atoms with Gasteiger partial charge in [0.05, 0.1) is 20.3 Å². The number of piperidine rings is 1. The normalized spacial score (nSPS) is 16.3. The molecular weight excluding hydrogens is 246 g/mol. The Balaban J connectivity index is 2.18. The van der Waals surface area contributed by atoms with E-state index in [0.717, 1.165) is 0 Å². The molecule has 2 rings (SSSR count). The second-order valence-electron chi connectivity index (χ2n) is 4.62. The average molecular weight is 265 g/mol. The Morgan fingerprint density at radius 1 is 1.16 bits per heavy atom. The molecule has 1 aliphatic rings. The molecule has 1 heterocycles. The zero-order valence-electron chi connectivity index (χ0n) is 11.3. The number of carbonyl (C=O) groups is 1. The van der Waals surface area contributed by atoms with Crippen molar-refractivity contribution in [1.29, 1.82) is 0 Å². The third-order valence-electron chi connectivity index (χ3n) is 3.35. The monoisotopic (exact) mass is 265 g/mol. The molecule has 5 nitrogen and oxygen atoms in total. The second-order valence-corrected chi connectivity index (χ2v) is 4.62. The van der Waals surface area contributed by atoms with Crippen molar-refractivity contribution < 1.29 is 19.4 Å². The summed E-state index contributed by atoms with van der Waals surface area (Å²) in [6.07, 6.45) is 0.976. The van der Waals surface area contributed by atoms with Gasteiger partial charge in [-0.1, -0.05) is 0 Å². The Morgan fingerprint density at radius 3 is 2.16 bits per heavy atom. The van der Waals surface area contributed by atoms with Crippen LogP contribution in [0.3, 0.4) is 0 Å². The van der Waals surface area contributed by atoms with Gasteiger partial charge < -0.3 is 19.5 Å². The minimum atomic E-state index is -0.288. The Bertz CT molecular complexity index is 431. The van der Waals surface area contributed by atoms with Crippen LogP contribution in [0.25, 0.3) is 0 Å². The summed E-state index contributed by atoms with van der Waals surface area (Å²) in [4.78, 5) is 14.1. The lowest BCUT2D eigenvalue weighted by molar-refractivity contribution is 0.0546. The summed E-state index contributed by atoms with van der Waals surface area (Å²) in [6.45, 7) is 1.17. The van der Waals surface area contributed by atoms with Crippen molar-refractivity contribution in [3.63, 3.8) is 0 Å². The Morgan fingerprint density at radius 2 is 1.68 bits per heavy atom. The van der Waals surface area contributed by atoms with Gasteiger partial charge in [-0.3, -0.25) is 4.79 Å². The largest absolute Gasteiger partial charge is 0.497 e. The molecule has 1 aromatic rings. The van der Waals surface area contributed by atoms with E-state index in [0.29, 0.717) is 43.0 Å². The number of ether oxygens (including phenoxy) is 2. The van der Waals surface area contributed by atoms with Crippen LogP contribution in [0.5, 0.6) is 11.5 Å². The number of hydrogen-bond acceptors (Lipinski definition) is 4. The number of carbonyl (C=O) groups excluding carboxylic acids is 1. The summed E-state index contributed by atoms with van der Waals surface area (Å²) in [6, 6.07) is 5.14. The van der Waals surface area contributed by atoms with Gasteiger partial charge in [0.15, 0.2) is 0 Å². The first kappa shape index (κ1) is 13.7. The Hall–Kier alpha value is -1.75. The van der Waals surface area contributed by atoms with Gasteiger partial charge in [0, 0.05) is 24.7 Å². The fourth-order valence-electron chi connectivity index (χ4n) is 2.18. The summed E-state index contributed by atoms with van der Waals surface area (Å²) >= 11 is 0. The fraction of sp³-hybridized carbons (Fsp3) is 0.500. The van der Waals surface area contributed by atoms with Crippen molar-refractivity contribution in [2.24, 2.45) is 0 Å². The lowest BCUT2D eigenvalue weighted by atomic mass is 10.1. The minimum absolute atomic E-state index is 0.0518. The summed E-state index contributed by atoms with van der Waals surface area (Å²) < 4.78 is 10.3. The predicted octanol–water partition coefficient (Wildman–Crippen LogP) is 1.30. The lowest BCUT2D eigenvalue weighted by Crippen LogP contribution is -2.40. The number of benzene rings is 1. The van der Waals surface area contributed by atoms with Crippen LogP contribution in [-0.2, 0) is 0 Å². The van der Waals surface area contributed by atoms with Crippen LogP contribution >= 0.6 is 0 Å². The number of likely N-dealkylation sites (tertiary alicyclic amines) is 1. The van der Waals surface area contributed by atoms with Gasteiger partial charge in [0.25, 0.3) is 5.91 Å². The topological polar surface area (TPSA) is 59.0 Å². The molecular formula is C14H19NO4. The maximum absolute atomic E-state index is 12.4. The van der Waals surface area contributed by atoms with E-state index in [-0.39, 0.29) is 12.0 Å². The van der Waals surface area contributed by atoms with Crippen LogP contribution in [0, 0.1) is 0 Å². The average Bonchev–Trinajstić information content (AvgIpc) is 2.46. The van der Waals surface area contributed by atoms with Crippen LogP contribution in [0.15, 0.2) is 18.2 Å². The zero-order chi connectivity index (χ0) is 13.8. The molecule has 1 aromatic carbocycles. The van der Waals surface area contributed by atoms with Gasteiger partial charge in [0.2, 0.25) is 0 Å². The third kappa shape index (κ3) is 3.17. The van der Waals surface area contributed by atoms with Gasteiger partial charge >= 0.3 is 0 Å². The molecule has 5 heteroatoms. The van der Waals surface area contributed by atoms with E-state index in [9.17, 15) is 9.90 Å². The molecule has 0 bridgehead atoms. The standard InChI is InChI=1S/C14H19NO4/c1-18-12-7-10(8-13(9-12)19-2)14(17)15-5-3-11(16)4-6-15/h7-9,11,16H,3-6H2,1-2H3. The highest BCUT2D eigenvalue weighted by Crippen LogP contribution is 2.24. The number of methoxy groups -OCH3 is 2. The van der Waals surface area contributed by atoms with E-state index < -0.39 is 0 Å². The van der Waals surface area contributed by atoms with Crippen molar-refractivity contribution in [3.05, 3.63) is 23.8 Å². The maximum Gasteiger partial charge on any atom is 0.254 e. The van der Waals surface area contributed by atoms with E-state index in [1.165, 1.54) is 0 Å². The quantitative estimate of drug-likeness (QED) is 0.895. The lowest BCUT2D eigenvalue weighted by Gasteiger charge is -2.29. The number of amides is 1. The van der Waals surface area contributed by atoms with E-state index in [1.54, 1.807) is 37.3 Å². The van der Waals surface area contributed by atoms with Crippen LogP contribution < -0.4 is 9.47 Å². The van der Waals surface area contributed by atoms with E-state index >= 15 is 0 Å². The molecule has 19 heavy (non-hydrogen) atoms. The van der Waals surface area contributed by atoms with Gasteiger partial charge in [-0.05, 0) is 25.0 Å². The summed E-state index contributed by atoms with van der Waals surface area (Å²) in [5.74, 6) is 1.14. The molecule has 1 saturated heterocycles. The summed E-state index contributed by atoms with van der Waals surface area (Å²) in [7, 11) is 3.11. The SMILES string of the molecule is COc1cc(OC)cc(C(=O)N2CCC(O)CC2)c1. The van der Waals surface area contributed by atoms with Crippen molar-refractivity contribution in [3.8, 4) is 11.5 Å². The number of rotatable bonds is 3. The van der Waals surface area contributed by atoms with Crippen LogP contribution in [0.2, 0.25) is 0 Å². The molecule has 1 aliphatic heterocycles. The van der Waals surface area contributed by atoms with Gasteiger partial charge in [0.1, 0.15) is 11.5 Å². The maximum atomic E-state index is 12.4. The number of aliphatic hydroxyl groups is 1. The Labute approximate surface area is 112 Å². The van der Waals surface area contributed by atoms with Gasteiger partial charge in [-0.15, -0.1) is 0 Å². The first-order valence-electron chi connectivity index (χ1n) is 6.34. The molecule has 1 fully saturated rings.